The van der Waals surface area contributed by atoms with Gasteiger partial charge in [-0.05, 0) is 12.1 Å². The quantitative estimate of drug-likeness (QED) is 0.647. The number of aromatic nitrogens is 2. The van der Waals surface area contributed by atoms with Crippen LogP contribution in [-0.2, 0) is 5.75 Å². The molecule has 0 spiro atoms. The van der Waals surface area contributed by atoms with Crippen LogP contribution < -0.4 is 10.5 Å². The van der Waals surface area contributed by atoms with E-state index < -0.39 is 0 Å². The van der Waals surface area contributed by atoms with E-state index in [0.717, 1.165) is 5.76 Å². The standard InChI is InChI=1S/C10H11N3O2S/c1-14-8-9(11)12-6-13-10(8)16-5-7-3-2-4-15-7/h2-4,6H,5H2,1H3,(H2,11,12,13). The fourth-order valence-electron chi connectivity index (χ4n) is 1.20. The van der Waals surface area contributed by atoms with Crippen LogP contribution in [-0.4, -0.2) is 17.1 Å². The third-order valence-corrected chi connectivity index (χ3v) is 2.93. The smallest absolute Gasteiger partial charge is 0.193 e. The predicted molar refractivity (Wildman–Crippen MR) is 61.3 cm³/mol. The summed E-state index contributed by atoms with van der Waals surface area (Å²) in [4.78, 5) is 7.98. The maximum atomic E-state index is 5.67. The Balaban J connectivity index is 2.12. The lowest BCUT2D eigenvalue weighted by atomic mass is 10.5. The summed E-state index contributed by atoms with van der Waals surface area (Å²) in [6, 6.07) is 3.76. The van der Waals surface area contributed by atoms with Crippen LogP contribution in [0.1, 0.15) is 5.76 Å². The van der Waals surface area contributed by atoms with Gasteiger partial charge in [0.1, 0.15) is 17.1 Å². The first-order chi connectivity index (χ1) is 7.81. The molecule has 0 unspecified atom stereocenters. The van der Waals surface area contributed by atoms with Gasteiger partial charge in [0.2, 0.25) is 0 Å². The van der Waals surface area contributed by atoms with Gasteiger partial charge in [-0.3, -0.25) is 0 Å². The summed E-state index contributed by atoms with van der Waals surface area (Å²) < 4.78 is 10.4. The van der Waals surface area contributed by atoms with Gasteiger partial charge in [0.05, 0.1) is 19.1 Å². The van der Waals surface area contributed by atoms with Gasteiger partial charge in [0, 0.05) is 0 Å². The van der Waals surface area contributed by atoms with E-state index in [-0.39, 0.29) is 0 Å². The molecule has 2 rings (SSSR count). The molecule has 2 aromatic rings. The Morgan fingerprint density at radius 2 is 2.38 bits per heavy atom. The molecule has 5 nitrogen and oxygen atoms in total. The van der Waals surface area contributed by atoms with Crippen LogP contribution in [0, 0.1) is 0 Å². The van der Waals surface area contributed by atoms with Crippen LogP contribution in [0.25, 0.3) is 0 Å². The number of nitrogens with zero attached hydrogens (tertiary/aromatic N) is 2. The average molecular weight is 237 g/mol. The summed E-state index contributed by atoms with van der Waals surface area (Å²) in [5, 5.41) is 0.714. The minimum Gasteiger partial charge on any atom is -0.490 e. The van der Waals surface area contributed by atoms with E-state index in [9.17, 15) is 0 Å². The fraction of sp³-hybridized carbons (Fsp3) is 0.200. The molecule has 0 amide bonds. The highest BCUT2D eigenvalue weighted by Crippen LogP contribution is 2.32. The molecule has 0 saturated heterocycles. The maximum absolute atomic E-state index is 5.67. The number of nitrogens with two attached hydrogens (primary N) is 1. The van der Waals surface area contributed by atoms with E-state index in [4.69, 9.17) is 14.9 Å². The number of hydrogen-bond donors (Lipinski definition) is 1. The minimum absolute atomic E-state index is 0.347. The van der Waals surface area contributed by atoms with Crippen LogP contribution in [0.15, 0.2) is 34.2 Å². The molecule has 0 aromatic carbocycles. The average Bonchev–Trinajstić information content (AvgIpc) is 2.79. The van der Waals surface area contributed by atoms with Gasteiger partial charge < -0.3 is 14.9 Å². The second-order valence-electron chi connectivity index (χ2n) is 2.97. The van der Waals surface area contributed by atoms with E-state index in [2.05, 4.69) is 9.97 Å². The van der Waals surface area contributed by atoms with Crippen molar-refractivity contribution in [2.75, 3.05) is 12.8 Å². The topological polar surface area (TPSA) is 74.2 Å². The van der Waals surface area contributed by atoms with E-state index in [1.165, 1.54) is 18.1 Å². The molecule has 0 bridgehead atoms. The molecule has 0 saturated carbocycles. The molecule has 0 aliphatic carbocycles. The summed E-state index contributed by atoms with van der Waals surface area (Å²) >= 11 is 1.49. The first-order valence-electron chi connectivity index (χ1n) is 4.61. The molecule has 2 aromatic heterocycles. The fourth-order valence-corrected chi connectivity index (χ4v) is 2.08. The van der Waals surface area contributed by atoms with Gasteiger partial charge in [-0.15, -0.1) is 0 Å². The predicted octanol–water partition coefficient (Wildman–Crippen LogP) is 1.95. The third-order valence-electron chi connectivity index (χ3n) is 1.93. The summed E-state index contributed by atoms with van der Waals surface area (Å²) in [5.41, 5.74) is 5.67. The first-order valence-corrected chi connectivity index (χ1v) is 5.59. The number of hydrogen-bond acceptors (Lipinski definition) is 6. The van der Waals surface area contributed by atoms with Crippen LogP contribution in [0.3, 0.4) is 0 Å². The van der Waals surface area contributed by atoms with E-state index >= 15 is 0 Å². The normalized spacial score (nSPS) is 10.3. The molecular formula is C10H11N3O2S. The molecule has 6 heteroatoms. The van der Waals surface area contributed by atoms with Crippen LogP contribution >= 0.6 is 11.8 Å². The Morgan fingerprint density at radius 3 is 3.06 bits per heavy atom. The summed E-state index contributed by atoms with van der Waals surface area (Å²) in [7, 11) is 1.55. The van der Waals surface area contributed by atoms with Crippen molar-refractivity contribution in [3.05, 3.63) is 30.5 Å². The largest absolute Gasteiger partial charge is 0.490 e. The summed E-state index contributed by atoms with van der Waals surface area (Å²) in [6.45, 7) is 0. The minimum atomic E-state index is 0.347. The van der Waals surface area contributed by atoms with E-state index in [1.807, 2.05) is 12.1 Å². The van der Waals surface area contributed by atoms with Gasteiger partial charge in [0.25, 0.3) is 0 Å². The van der Waals surface area contributed by atoms with Gasteiger partial charge in [-0.1, -0.05) is 11.8 Å². The van der Waals surface area contributed by atoms with Crippen molar-refractivity contribution in [3.8, 4) is 5.75 Å². The Kier molecular flexibility index (Phi) is 3.31. The number of methoxy groups -OCH3 is 1. The van der Waals surface area contributed by atoms with Gasteiger partial charge in [0.15, 0.2) is 11.6 Å². The highest BCUT2D eigenvalue weighted by Gasteiger charge is 2.10. The number of rotatable bonds is 4. The second-order valence-corrected chi connectivity index (χ2v) is 3.93. The zero-order chi connectivity index (χ0) is 11.4. The van der Waals surface area contributed by atoms with Crippen molar-refractivity contribution in [1.82, 2.24) is 9.97 Å². The van der Waals surface area contributed by atoms with Crippen molar-refractivity contribution in [3.63, 3.8) is 0 Å². The highest BCUT2D eigenvalue weighted by molar-refractivity contribution is 7.98. The zero-order valence-corrected chi connectivity index (χ0v) is 9.53. The number of anilines is 1. The molecule has 0 aliphatic rings. The summed E-state index contributed by atoms with van der Waals surface area (Å²) in [5.74, 6) is 2.42. The molecule has 84 valence electrons. The number of furan rings is 1. The molecule has 2 heterocycles. The second kappa shape index (κ2) is 4.89. The molecule has 0 aliphatic heterocycles. The Labute approximate surface area is 97.0 Å². The highest BCUT2D eigenvalue weighted by atomic mass is 32.2. The van der Waals surface area contributed by atoms with Crippen LogP contribution in [0.5, 0.6) is 5.75 Å². The van der Waals surface area contributed by atoms with Gasteiger partial charge in [-0.25, -0.2) is 9.97 Å². The number of ether oxygens (including phenoxy) is 1. The van der Waals surface area contributed by atoms with Crippen molar-refractivity contribution < 1.29 is 9.15 Å². The van der Waals surface area contributed by atoms with E-state index in [0.29, 0.717) is 22.3 Å². The lowest BCUT2D eigenvalue weighted by Gasteiger charge is -2.07. The number of thioether (sulfide) groups is 1. The zero-order valence-electron chi connectivity index (χ0n) is 8.71. The molecule has 0 radical (unpaired) electrons. The third kappa shape index (κ3) is 2.27. The van der Waals surface area contributed by atoms with Crippen LogP contribution in [0.4, 0.5) is 5.82 Å². The van der Waals surface area contributed by atoms with Crippen LogP contribution in [0.2, 0.25) is 0 Å². The lowest BCUT2D eigenvalue weighted by Crippen LogP contribution is -1.99. The first kappa shape index (κ1) is 10.8. The Morgan fingerprint density at radius 1 is 1.50 bits per heavy atom. The Hall–Kier alpha value is -1.69. The van der Waals surface area contributed by atoms with Gasteiger partial charge >= 0.3 is 0 Å². The molecule has 2 N–H and O–H groups in total. The van der Waals surface area contributed by atoms with Crippen molar-refractivity contribution in [2.45, 2.75) is 10.8 Å². The monoisotopic (exact) mass is 237 g/mol. The van der Waals surface area contributed by atoms with E-state index in [1.54, 1.807) is 13.4 Å². The SMILES string of the molecule is COc1c(N)ncnc1SCc1ccco1. The maximum Gasteiger partial charge on any atom is 0.193 e. The van der Waals surface area contributed by atoms with Gasteiger partial charge in [-0.2, -0.15) is 0 Å². The Bertz CT molecular complexity index is 459. The van der Waals surface area contributed by atoms with Crippen molar-refractivity contribution in [1.29, 1.82) is 0 Å². The molecular weight excluding hydrogens is 226 g/mol. The molecule has 0 atom stereocenters. The molecule has 16 heavy (non-hydrogen) atoms. The number of nitrogen functional groups attached to an aromatic ring is 1. The lowest BCUT2D eigenvalue weighted by molar-refractivity contribution is 0.401. The molecule has 0 fully saturated rings. The van der Waals surface area contributed by atoms with Crippen molar-refractivity contribution in [2.24, 2.45) is 0 Å². The van der Waals surface area contributed by atoms with Crippen molar-refractivity contribution >= 4 is 17.6 Å². The summed E-state index contributed by atoms with van der Waals surface area (Å²) in [6.07, 6.45) is 3.06.